The third-order valence-corrected chi connectivity index (χ3v) is 5.14. The molecule has 0 aliphatic rings. The molecule has 0 fully saturated rings. The molecule has 0 aliphatic carbocycles. The first-order chi connectivity index (χ1) is 16.5. The molecule has 0 radical (unpaired) electrons. The molecular formula is C24H21N7O3. The van der Waals surface area contributed by atoms with E-state index in [0.717, 1.165) is 5.69 Å². The number of aromatic amines is 1. The Bertz CT molecular complexity index is 1520. The lowest BCUT2D eigenvalue weighted by Crippen LogP contribution is -2.31. The molecule has 0 saturated carbocycles. The number of aryl methyl sites for hydroxylation is 1. The zero-order chi connectivity index (χ0) is 23.7. The van der Waals surface area contributed by atoms with Crippen LogP contribution in [0.15, 0.2) is 77.7 Å². The molecule has 2 aromatic carbocycles. The number of rotatable bonds is 6. The van der Waals surface area contributed by atoms with E-state index in [4.69, 9.17) is 4.74 Å². The minimum absolute atomic E-state index is 0.148. The quantitative estimate of drug-likeness (QED) is 0.406. The number of nitrogens with one attached hydrogen (secondary N) is 2. The topological polar surface area (TPSA) is 120 Å². The Morgan fingerprint density at radius 2 is 1.76 bits per heavy atom. The maximum atomic E-state index is 12.8. The zero-order valence-electron chi connectivity index (χ0n) is 18.5. The van der Waals surface area contributed by atoms with Gasteiger partial charge in [0.25, 0.3) is 11.5 Å². The molecule has 0 saturated heterocycles. The number of hydrogen-bond donors (Lipinski definition) is 2. The van der Waals surface area contributed by atoms with E-state index in [1.54, 1.807) is 36.7 Å². The fourth-order valence-corrected chi connectivity index (χ4v) is 3.50. The second-order valence-corrected chi connectivity index (χ2v) is 7.66. The summed E-state index contributed by atoms with van der Waals surface area (Å²) in [6, 6.07) is 20.1. The van der Waals surface area contributed by atoms with Crippen LogP contribution in [-0.2, 0) is 4.79 Å². The predicted octanol–water partition coefficient (Wildman–Crippen LogP) is 3.01. The Morgan fingerprint density at radius 3 is 2.50 bits per heavy atom. The molecule has 0 unspecified atom stereocenters. The molecule has 5 aromatic rings. The van der Waals surface area contributed by atoms with Crippen molar-refractivity contribution in [2.24, 2.45) is 0 Å². The van der Waals surface area contributed by atoms with Gasteiger partial charge in [-0.1, -0.05) is 36.4 Å². The van der Waals surface area contributed by atoms with Crippen molar-refractivity contribution >= 4 is 22.8 Å². The van der Waals surface area contributed by atoms with Crippen molar-refractivity contribution in [1.82, 2.24) is 29.5 Å². The summed E-state index contributed by atoms with van der Waals surface area (Å²) in [6.45, 7) is 3.43. The SMILES string of the molecule is Cc1cc(NC(=O)[C@H](C)Oc2ccccc2)n(-c2nc3c(cnn3-c3ccccc3)c(=O)[nH]2)n1. The van der Waals surface area contributed by atoms with Gasteiger partial charge in [-0.05, 0) is 38.1 Å². The zero-order valence-corrected chi connectivity index (χ0v) is 18.5. The van der Waals surface area contributed by atoms with E-state index in [1.165, 1.54) is 10.9 Å². The molecule has 5 rings (SSSR count). The normalized spacial score (nSPS) is 11.9. The molecule has 1 amide bonds. The lowest BCUT2D eigenvalue weighted by atomic mass is 10.3. The number of ether oxygens (including phenoxy) is 1. The van der Waals surface area contributed by atoms with Gasteiger partial charge >= 0.3 is 0 Å². The summed E-state index contributed by atoms with van der Waals surface area (Å²) in [5, 5.41) is 11.9. The van der Waals surface area contributed by atoms with E-state index in [1.807, 2.05) is 48.5 Å². The Kier molecular flexibility index (Phi) is 5.38. The van der Waals surface area contributed by atoms with Crippen LogP contribution < -0.4 is 15.6 Å². The monoisotopic (exact) mass is 455 g/mol. The number of para-hydroxylation sites is 2. The van der Waals surface area contributed by atoms with Crippen molar-refractivity contribution in [1.29, 1.82) is 0 Å². The molecule has 10 heteroatoms. The van der Waals surface area contributed by atoms with Crippen molar-refractivity contribution in [3.63, 3.8) is 0 Å². The molecule has 10 nitrogen and oxygen atoms in total. The van der Waals surface area contributed by atoms with Crippen LogP contribution in [-0.4, -0.2) is 41.5 Å². The molecule has 0 aliphatic heterocycles. The van der Waals surface area contributed by atoms with Crippen molar-refractivity contribution in [3.05, 3.63) is 89.0 Å². The molecular weight excluding hydrogens is 434 g/mol. The van der Waals surface area contributed by atoms with Gasteiger partial charge in [0.2, 0.25) is 5.95 Å². The van der Waals surface area contributed by atoms with Crippen LogP contribution in [0.5, 0.6) is 5.75 Å². The maximum absolute atomic E-state index is 12.8. The summed E-state index contributed by atoms with van der Waals surface area (Å²) < 4.78 is 8.67. The molecule has 170 valence electrons. The first-order valence-corrected chi connectivity index (χ1v) is 10.6. The number of H-pyrrole nitrogens is 1. The number of carbonyl (C=O) groups is 1. The average Bonchev–Trinajstić information content (AvgIpc) is 3.43. The Hall–Kier alpha value is -4.73. The van der Waals surface area contributed by atoms with Crippen molar-refractivity contribution < 1.29 is 9.53 Å². The van der Waals surface area contributed by atoms with Crippen LogP contribution in [0.4, 0.5) is 5.82 Å². The molecule has 34 heavy (non-hydrogen) atoms. The van der Waals surface area contributed by atoms with Gasteiger partial charge in [0.05, 0.1) is 17.6 Å². The number of aromatic nitrogens is 6. The van der Waals surface area contributed by atoms with Gasteiger partial charge in [0.1, 0.15) is 17.0 Å². The largest absolute Gasteiger partial charge is 0.481 e. The molecule has 2 N–H and O–H groups in total. The van der Waals surface area contributed by atoms with Crippen LogP contribution in [0.1, 0.15) is 12.6 Å². The summed E-state index contributed by atoms with van der Waals surface area (Å²) >= 11 is 0. The summed E-state index contributed by atoms with van der Waals surface area (Å²) in [4.78, 5) is 32.9. The van der Waals surface area contributed by atoms with Gasteiger partial charge in [0.15, 0.2) is 11.8 Å². The van der Waals surface area contributed by atoms with Gasteiger partial charge < -0.3 is 10.1 Å². The first-order valence-electron chi connectivity index (χ1n) is 10.6. The second kappa shape index (κ2) is 8.66. The smallest absolute Gasteiger partial charge is 0.266 e. The fraction of sp³-hybridized carbons (Fsp3) is 0.125. The highest BCUT2D eigenvalue weighted by Gasteiger charge is 2.20. The van der Waals surface area contributed by atoms with Crippen LogP contribution in [0.25, 0.3) is 22.7 Å². The van der Waals surface area contributed by atoms with Gasteiger partial charge in [-0.2, -0.15) is 19.9 Å². The molecule has 0 bridgehead atoms. The van der Waals surface area contributed by atoms with Gasteiger partial charge in [0, 0.05) is 6.07 Å². The van der Waals surface area contributed by atoms with Crippen LogP contribution in [0.3, 0.4) is 0 Å². The minimum atomic E-state index is -0.764. The highest BCUT2D eigenvalue weighted by atomic mass is 16.5. The number of amides is 1. The van der Waals surface area contributed by atoms with Crippen molar-refractivity contribution in [3.8, 4) is 17.4 Å². The average molecular weight is 455 g/mol. The van der Waals surface area contributed by atoms with E-state index in [0.29, 0.717) is 28.3 Å². The number of fused-ring (bicyclic) bond motifs is 1. The van der Waals surface area contributed by atoms with E-state index < -0.39 is 6.10 Å². The maximum Gasteiger partial charge on any atom is 0.266 e. The number of nitrogens with zero attached hydrogens (tertiary/aromatic N) is 5. The first kappa shape index (κ1) is 21.1. The highest BCUT2D eigenvalue weighted by Crippen LogP contribution is 2.19. The van der Waals surface area contributed by atoms with Crippen LogP contribution in [0.2, 0.25) is 0 Å². The summed E-state index contributed by atoms with van der Waals surface area (Å²) in [5.41, 5.74) is 1.40. The molecule has 0 spiro atoms. The number of carbonyl (C=O) groups excluding carboxylic acids is 1. The van der Waals surface area contributed by atoms with E-state index >= 15 is 0 Å². The minimum Gasteiger partial charge on any atom is -0.481 e. The third-order valence-electron chi connectivity index (χ3n) is 5.14. The standard InChI is InChI=1S/C24H21N7O3/c1-15-13-20(26-22(32)16(2)34-18-11-7-4-8-12-18)31(29-15)24-27-21-19(23(33)28-24)14-25-30(21)17-9-5-3-6-10-17/h3-14,16H,1-2H3,(H,26,32)(H,27,28,33)/t16-/m0/s1. The Labute approximate surface area is 193 Å². The molecule has 3 heterocycles. The van der Waals surface area contributed by atoms with E-state index in [2.05, 4.69) is 25.5 Å². The Balaban J connectivity index is 1.49. The fourth-order valence-electron chi connectivity index (χ4n) is 3.50. The van der Waals surface area contributed by atoms with Crippen molar-refractivity contribution in [2.45, 2.75) is 20.0 Å². The number of anilines is 1. The molecule has 3 aromatic heterocycles. The summed E-state index contributed by atoms with van der Waals surface area (Å²) in [5.74, 6) is 0.706. The summed E-state index contributed by atoms with van der Waals surface area (Å²) in [6.07, 6.45) is 0.706. The van der Waals surface area contributed by atoms with E-state index in [-0.39, 0.29) is 17.4 Å². The predicted molar refractivity (Wildman–Crippen MR) is 127 cm³/mol. The number of benzene rings is 2. The second-order valence-electron chi connectivity index (χ2n) is 7.66. The van der Waals surface area contributed by atoms with E-state index in [9.17, 15) is 9.59 Å². The number of hydrogen-bond acceptors (Lipinski definition) is 6. The van der Waals surface area contributed by atoms with Crippen LogP contribution >= 0.6 is 0 Å². The lowest BCUT2D eigenvalue weighted by Gasteiger charge is -2.15. The van der Waals surface area contributed by atoms with Crippen LogP contribution in [0, 0.1) is 6.92 Å². The Morgan fingerprint density at radius 1 is 1.06 bits per heavy atom. The van der Waals surface area contributed by atoms with Crippen molar-refractivity contribution in [2.75, 3.05) is 5.32 Å². The summed E-state index contributed by atoms with van der Waals surface area (Å²) in [7, 11) is 0. The molecule has 1 atom stereocenters. The van der Waals surface area contributed by atoms with Gasteiger partial charge in [-0.25, -0.2) is 4.68 Å². The van der Waals surface area contributed by atoms with Gasteiger partial charge in [-0.15, -0.1) is 0 Å². The van der Waals surface area contributed by atoms with Gasteiger partial charge in [-0.3, -0.25) is 14.6 Å². The lowest BCUT2D eigenvalue weighted by molar-refractivity contribution is -0.122. The third kappa shape index (κ3) is 4.04. The highest BCUT2D eigenvalue weighted by molar-refractivity contribution is 5.93.